The molecule has 32 heavy (non-hydrogen) atoms. The Hall–Kier alpha value is -1.51. The van der Waals surface area contributed by atoms with Crippen molar-refractivity contribution in [1.82, 2.24) is 0 Å². The summed E-state index contributed by atoms with van der Waals surface area (Å²) in [5, 5.41) is 0. The highest BCUT2D eigenvalue weighted by atomic mass is 16.5. The van der Waals surface area contributed by atoms with Crippen molar-refractivity contribution >= 4 is 5.97 Å². The van der Waals surface area contributed by atoms with E-state index in [1.807, 2.05) is 12.1 Å². The van der Waals surface area contributed by atoms with Crippen LogP contribution < -0.4 is 4.74 Å². The molecular formula is C29H50O3. The van der Waals surface area contributed by atoms with Crippen LogP contribution in [0.25, 0.3) is 0 Å². The number of rotatable bonds is 22. The Kier molecular flexibility index (Phi) is 19.0. The van der Waals surface area contributed by atoms with Gasteiger partial charge in [0.2, 0.25) is 0 Å². The summed E-state index contributed by atoms with van der Waals surface area (Å²) in [7, 11) is 1.57. The summed E-state index contributed by atoms with van der Waals surface area (Å²) < 4.78 is 10.6. The number of para-hydroxylation sites is 1. The Balaban J connectivity index is 1.79. The second-order valence-electron chi connectivity index (χ2n) is 9.20. The molecule has 184 valence electrons. The molecule has 0 spiro atoms. The number of carbonyl (C=O) groups is 1. The van der Waals surface area contributed by atoms with Crippen LogP contribution in [-0.2, 0) is 4.74 Å². The van der Waals surface area contributed by atoms with Crippen molar-refractivity contribution in [2.75, 3.05) is 13.7 Å². The molecule has 1 aromatic rings. The first-order valence-electron chi connectivity index (χ1n) is 13.6. The quantitative estimate of drug-likeness (QED) is 0.131. The number of carbonyl (C=O) groups excluding carboxylic acids is 1. The van der Waals surface area contributed by atoms with Crippen molar-refractivity contribution in [3.05, 3.63) is 29.8 Å². The van der Waals surface area contributed by atoms with Crippen molar-refractivity contribution in [3.63, 3.8) is 0 Å². The maximum Gasteiger partial charge on any atom is 0.341 e. The molecule has 0 heterocycles. The Morgan fingerprint density at radius 3 is 1.47 bits per heavy atom. The smallest absolute Gasteiger partial charge is 0.341 e. The average molecular weight is 447 g/mol. The van der Waals surface area contributed by atoms with E-state index in [-0.39, 0.29) is 5.97 Å². The number of hydrogen-bond acceptors (Lipinski definition) is 3. The maximum atomic E-state index is 12.1. The van der Waals surface area contributed by atoms with Gasteiger partial charge in [0.15, 0.2) is 0 Å². The summed E-state index contributed by atoms with van der Waals surface area (Å²) in [6.45, 7) is 2.78. The molecule has 0 aromatic heterocycles. The summed E-state index contributed by atoms with van der Waals surface area (Å²) in [4.78, 5) is 12.1. The topological polar surface area (TPSA) is 35.5 Å². The molecule has 3 heteroatoms. The lowest BCUT2D eigenvalue weighted by Gasteiger charge is -2.08. The minimum absolute atomic E-state index is 0.287. The molecule has 0 amide bonds. The van der Waals surface area contributed by atoms with Crippen LogP contribution in [0.5, 0.6) is 5.75 Å². The van der Waals surface area contributed by atoms with Gasteiger partial charge in [-0.2, -0.15) is 0 Å². The number of unbranched alkanes of at least 4 members (excludes halogenated alkanes) is 18. The van der Waals surface area contributed by atoms with Gasteiger partial charge < -0.3 is 9.47 Å². The lowest BCUT2D eigenvalue weighted by molar-refractivity contribution is 0.0494. The second kappa shape index (κ2) is 21.3. The van der Waals surface area contributed by atoms with Gasteiger partial charge in [-0.1, -0.05) is 135 Å². The van der Waals surface area contributed by atoms with E-state index in [0.29, 0.717) is 17.9 Å². The van der Waals surface area contributed by atoms with Crippen LogP contribution in [0.15, 0.2) is 24.3 Å². The van der Waals surface area contributed by atoms with Crippen LogP contribution in [0.1, 0.15) is 139 Å². The minimum atomic E-state index is -0.287. The first-order chi connectivity index (χ1) is 15.8. The molecule has 0 aliphatic heterocycles. The zero-order valence-electron chi connectivity index (χ0n) is 21.2. The number of hydrogen-bond donors (Lipinski definition) is 0. The van der Waals surface area contributed by atoms with E-state index in [0.717, 1.165) is 12.8 Å². The zero-order chi connectivity index (χ0) is 23.1. The van der Waals surface area contributed by atoms with Crippen LogP contribution in [0.4, 0.5) is 0 Å². The summed E-state index contributed by atoms with van der Waals surface area (Å²) in [5.41, 5.74) is 0.507. The largest absolute Gasteiger partial charge is 0.496 e. The maximum absolute atomic E-state index is 12.1. The highest BCUT2D eigenvalue weighted by Gasteiger charge is 2.12. The molecule has 0 saturated heterocycles. The Bertz CT molecular complexity index is 555. The number of methoxy groups -OCH3 is 1. The molecule has 1 rings (SSSR count). The van der Waals surface area contributed by atoms with E-state index >= 15 is 0 Å². The normalized spacial score (nSPS) is 10.9. The van der Waals surface area contributed by atoms with E-state index in [1.54, 1.807) is 19.2 Å². The molecule has 0 saturated carbocycles. The van der Waals surface area contributed by atoms with Crippen molar-refractivity contribution in [1.29, 1.82) is 0 Å². The molecule has 0 N–H and O–H groups in total. The highest BCUT2D eigenvalue weighted by Crippen LogP contribution is 2.18. The van der Waals surface area contributed by atoms with Crippen LogP contribution in [0.3, 0.4) is 0 Å². The third-order valence-corrected chi connectivity index (χ3v) is 6.31. The summed E-state index contributed by atoms with van der Waals surface area (Å²) in [6.07, 6.45) is 25.9. The summed E-state index contributed by atoms with van der Waals surface area (Å²) >= 11 is 0. The molecule has 0 fully saturated rings. The highest BCUT2D eigenvalue weighted by molar-refractivity contribution is 5.92. The van der Waals surface area contributed by atoms with Gasteiger partial charge in [-0.05, 0) is 18.6 Å². The van der Waals surface area contributed by atoms with Crippen molar-refractivity contribution < 1.29 is 14.3 Å². The molecule has 1 aromatic carbocycles. The standard InChI is InChI=1S/C29H50O3/c1-3-4-5-6-7-8-9-10-11-12-13-14-15-16-17-18-19-20-23-26-32-29(30)27-24-21-22-25-28(27)31-2/h21-22,24-25H,3-20,23,26H2,1-2H3. The van der Waals surface area contributed by atoms with E-state index in [2.05, 4.69) is 6.92 Å². The van der Waals surface area contributed by atoms with Gasteiger partial charge in [-0.15, -0.1) is 0 Å². The van der Waals surface area contributed by atoms with Gasteiger partial charge >= 0.3 is 5.97 Å². The predicted octanol–water partition coefficient (Wildman–Crippen LogP) is 9.28. The molecule has 0 aliphatic rings. The van der Waals surface area contributed by atoms with Gasteiger partial charge in [0.25, 0.3) is 0 Å². The van der Waals surface area contributed by atoms with Crippen molar-refractivity contribution in [3.8, 4) is 5.75 Å². The number of benzene rings is 1. The van der Waals surface area contributed by atoms with Crippen molar-refractivity contribution in [2.24, 2.45) is 0 Å². The molecule has 3 nitrogen and oxygen atoms in total. The van der Waals surface area contributed by atoms with E-state index < -0.39 is 0 Å². The molecular weight excluding hydrogens is 396 g/mol. The molecule has 0 bridgehead atoms. The third-order valence-electron chi connectivity index (χ3n) is 6.31. The van der Waals surface area contributed by atoms with Crippen LogP contribution in [0, 0.1) is 0 Å². The van der Waals surface area contributed by atoms with E-state index in [9.17, 15) is 4.79 Å². The molecule has 0 aliphatic carbocycles. The van der Waals surface area contributed by atoms with Gasteiger partial charge in [0.1, 0.15) is 11.3 Å². The van der Waals surface area contributed by atoms with Crippen LogP contribution in [0.2, 0.25) is 0 Å². The predicted molar refractivity (Wildman–Crippen MR) is 137 cm³/mol. The van der Waals surface area contributed by atoms with Crippen LogP contribution in [-0.4, -0.2) is 19.7 Å². The van der Waals surface area contributed by atoms with E-state index in [1.165, 1.54) is 109 Å². The monoisotopic (exact) mass is 446 g/mol. The Morgan fingerprint density at radius 2 is 1.03 bits per heavy atom. The lowest BCUT2D eigenvalue weighted by Crippen LogP contribution is -2.08. The summed E-state index contributed by atoms with van der Waals surface area (Å²) in [6, 6.07) is 7.22. The number of ether oxygens (including phenoxy) is 2. The first-order valence-corrected chi connectivity index (χ1v) is 13.6. The summed E-state index contributed by atoms with van der Waals surface area (Å²) in [5.74, 6) is 0.288. The molecule has 0 radical (unpaired) electrons. The lowest BCUT2D eigenvalue weighted by atomic mass is 10.0. The fourth-order valence-electron chi connectivity index (χ4n) is 4.24. The Morgan fingerprint density at radius 1 is 0.625 bits per heavy atom. The second-order valence-corrected chi connectivity index (χ2v) is 9.20. The van der Waals surface area contributed by atoms with Crippen molar-refractivity contribution in [2.45, 2.75) is 129 Å². The first kappa shape index (κ1) is 28.5. The van der Waals surface area contributed by atoms with Crippen LogP contribution >= 0.6 is 0 Å². The zero-order valence-corrected chi connectivity index (χ0v) is 21.2. The SMILES string of the molecule is CCCCCCCCCCCCCCCCCCCCCOC(=O)c1ccccc1OC. The van der Waals surface area contributed by atoms with Gasteiger partial charge in [-0.3, -0.25) is 0 Å². The minimum Gasteiger partial charge on any atom is -0.496 e. The third kappa shape index (κ3) is 15.3. The molecule has 0 atom stereocenters. The van der Waals surface area contributed by atoms with Gasteiger partial charge in [0, 0.05) is 0 Å². The Labute approximate surface area is 198 Å². The van der Waals surface area contributed by atoms with E-state index in [4.69, 9.17) is 9.47 Å². The molecule has 0 unspecified atom stereocenters. The fourth-order valence-corrected chi connectivity index (χ4v) is 4.24. The fraction of sp³-hybridized carbons (Fsp3) is 0.759. The average Bonchev–Trinajstić information content (AvgIpc) is 2.82. The van der Waals surface area contributed by atoms with Gasteiger partial charge in [-0.25, -0.2) is 4.79 Å². The number of esters is 1. The van der Waals surface area contributed by atoms with Gasteiger partial charge in [0.05, 0.1) is 13.7 Å².